The van der Waals surface area contributed by atoms with E-state index >= 15 is 0 Å². The van der Waals surface area contributed by atoms with Crippen LogP contribution in [0.4, 0.5) is 10.2 Å². The quantitative estimate of drug-likeness (QED) is 0.631. The fourth-order valence-electron chi connectivity index (χ4n) is 2.81. The number of amides is 1. The molecule has 0 aliphatic carbocycles. The van der Waals surface area contributed by atoms with Crippen molar-refractivity contribution in [3.8, 4) is 0 Å². The molecule has 1 aromatic carbocycles. The van der Waals surface area contributed by atoms with E-state index in [4.69, 9.17) is 4.74 Å². The molecule has 1 aliphatic rings. The Morgan fingerprint density at radius 1 is 1.22 bits per heavy atom. The van der Waals surface area contributed by atoms with E-state index < -0.39 is 18.4 Å². The number of aliphatic hydroxyl groups is 2. The zero-order valence-corrected chi connectivity index (χ0v) is 13.7. The second-order valence-electron chi connectivity index (χ2n) is 5.82. The van der Waals surface area contributed by atoms with Gasteiger partial charge < -0.3 is 20.3 Å². The maximum Gasteiger partial charge on any atom is 0.256 e. The van der Waals surface area contributed by atoms with Gasteiger partial charge in [-0.05, 0) is 12.1 Å². The van der Waals surface area contributed by atoms with Gasteiger partial charge in [-0.1, -0.05) is 18.2 Å². The van der Waals surface area contributed by atoms with Gasteiger partial charge in [0, 0.05) is 5.56 Å². The average Bonchev–Trinajstić information content (AvgIpc) is 3.25. The van der Waals surface area contributed by atoms with Crippen LogP contribution in [0.15, 0.2) is 55.1 Å². The number of rotatable bonds is 3. The molecule has 0 radical (unpaired) electrons. The first-order valence-electron chi connectivity index (χ1n) is 7.97. The van der Waals surface area contributed by atoms with Crippen LogP contribution in [-0.4, -0.2) is 47.8 Å². The van der Waals surface area contributed by atoms with Gasteiger partial charge in [-0.3, -0.25) is 9.36 Å². The highest BCUT2D eigenvalue weighted by atomic mass is 19.1. The Hall–Kier alpha value is -3.37. The number of aromatic nitrogens is 4. The number of carbonyl (C=O) groups is 1. The van der Waals surface area contributed by atoms with E-state index in [1.54, 1.807) is 30.3 Å². The lowest BCUT2D eigenvalue weighted by molar-refractivity contribution is -0.0120. The van der Waals surface area contributed by atoms with Gasteiger partial charge in [-0.25, -0.2) is 19.3 Å². The number of imidazole rings is 1. The lowest BCUT2D eigenvalue weighted by atomic mass is 10.2. The van der Waals surface area contributed by atoms with Crippen LogP contribution in [-0.2, 0) is 4.74 Å². The number of ether oxygens (including phenoxy) is 1. The molecular formula is C17H14FN5O4. The van der Waals surface area contributed by atoms with Gasteiger partial charge in [-0.15, -0.1) is 0 Å². The van der Waals surface area contributed by atoms with Gasteiger partial charge in [-0.2, -0.15) is 0 Å². The maximum absolute atomic E-state index is 12.8. The number of nitrogens with zero attached hydrogens (tertiary/aromatic N) is 4. The molecule has 0 spiro atoms. The number of benzene rings is 1. The third-order valence-electron chi connectivity index (χ3n) is 4.17. The molecule has 27 heavy (non-hydrogen) atoms. The number of halogens is 1. The predicted octanol–water partition coefficient (Wildman–Crippen LogP) is 1.14. The van der Waals surface area contributed by atoms with Crippen LogP contribution in [0.5, 0.6) is 0 Å². The van der Waals surface area contributed by atoms with Crippen LogP contribution in [0.25, 0.3) is 11.2 Å². The molecule has 10 heteroatoms. The molecule has 2 unspecified atom stereocenters. The van der Waals surface area contributed by atoms with Crippen molar-refractivity contribution in [2.75, 3.05) is 5.32 Å². The Balaban J connectivity index is 1.67. The lowest BCUT2D eigenvalue weighted by Crippen LogP contribution is -2.27. The topological polar surface area (TPSA) is 122 Å². The second kappa shape index (κ2) is 6.74. The van der Waals surface area contributed by atoms with Crippen molar-refractivity contribution in [1.29, 1.82) is 0 Å². The van der Waals surface area contributed by atoms with E-state index in [2.05, 4.69) is 20.3 Å². The van der Waals surface area contributed by atoms with Gasteiger partial charge in [0.15, 0.2) is 22.7 Å². The van der Waals surface area contributed by atoms with Crippen molar-refractivity contribution in [2.24, 2.45) is 0 Å². The normalized spacial score (nSPS) is 23.5. The Morgan fingerprint density at radius 2 is 2.00 bits per heavy atom. The molecule has 4 rings (SSSR count). The van der Waals surface area contributed by atoms with E-state index in [1.165, 1.54) is 17.2 Å². The van der Waals surface area contributed by atoms with Crippen molar-refractivity contribution in [2.45, 2.75) is 18.4 Å². The Bertz CT molecular complexity index is 1020. The van der Waals surface area contributed by atoms with Crippen LogP contribution < -0.4 is 5.32 Å². The first kappa shape index (κ1) is 17.1. The number of anilines is 1. The standard InChI is InChI=1S/C17H14FN5O4/c18-6-10-12(24)13(25)17(27-10)23-8-21-11-14(19-7-20-15(11)23)22-16(26)9-4-2-1-3-5-9/h1-8,12-13,17,24-25H,(H,19,20,22,26)/t12?,13?,17-/m1/s1. The summed E-state index contributed by atoms with van der Waals surface area (Å²) in [6, 6.07) is 8.57. The monoisotopic (exact) mass is 371 g/mol. The smallest absolute Gasteiger partial charge is 0.256 e. The molecule has 3 heterocycles. The third kappa shape index (κ3) is 2.90. The number of hydrogen-bond donors (Lipinski definition) is 3. The largest absolute Gasteiger partial charge is 0.466 e. The van der Waals surface area contributed by atoms with Crippen LogP contribution in [0.3, 0.4) is 0 Å². The van der Waals surface area contributed by atoms with Gasteiger partial charge >= 0.3 is 0 Å². The maximum atomic E-state index is 12.8. The van der Waals surface area contributed by atoms with Crippen LogP contribution in [0, 0.1) is 0 Å². The van der Waals surface area contributed by atoms with Crippen LogP contribution >= 0.6 is 0 Å². The molecule has 2 aromatic heterocycles. The molecule has 1 saturated heterocycles. The number of carbonyl (C=O) groups excluding carboxylic acids is 1. The minimum absolute atomic E-state index is 0.0908. The van der Waals surface area contributed by atoms with Crippen LogP contribution in [0.2, 0.25) is 0 Å². The first-order chi connectivity index (χ1) is 13.1. The molecule has 9 nitrogen and oxygen atoms in total. The summed E-state index contributed by atoms with van der Waals surface area (Å²) in [4.78, 5) is 24.6. The number of aliphatic hydroxyl groups excluding tert-OH is 2. The Morgan fingerprint density at radius 3 is 2.70 bits per heavy atom. The van der Waals surface area contributed by atoms with Crippen molar-refractivity contribution >= 4 is 22.9 Å². The molecule has 3 atom stereocenters. The molecule has 0 saturated carbocycles. The number of fused-ring (bicyclic) bond motifs is 1. The van der Waals surface area contributed by atoms with E-state index in [1.807, 2.05) is 0 Å². The molecular weight excluding hydrogens is 357 g/mol. The van der Waals surface area contributed by atoms with E-state index in [9.17, 15) is 19.4 Å². The second-order valence-corrected chi connectivity index (χ2v) is 5.82. The summed E-state index contributed by atoms with van der Waals surface area (Å²) in [7, 11) is 0. The van der Waals surface area contributed by atoms with Gasteiger partial charge in [0.05, 0.1) is 0 Å². The molecule has 1 amide bonds. The average molecular weight is 371 g/mol. The minimum Gasteiger partial charge on any atom is -0.466 e. The van der Waals surface area contributed by atoms with E-state index in [-0.39, 0.29) is 35.0 Å². The molecule has 1 fully saturated rings. The molecule has 0 bridgehead atoms. The summed E-state index contributed by atoms with van der Waals surface area (Å²) >= 11 is 0. The predicted molar refractivity (Wildman–Crippen MR) is 91.0 cm³/mol. The van der Waals surface area contributed by atoms with Crippen molar-refractivity contribution in [3.63, 3.8) is 0 Å². The summed E-state index contributed by atoms with van der Waals surface area (Å²) in [6.07, 6.45) is -1.43. The van der Waals surface area contributed by atoms with Gasteiger partial charge in [0.2, 0.25) is 6.23 Å². The third-order valence-corrected chi connectivity index (χ3v) is 4.17. The van der Waals surface area contributed by atoms with E-state index in [0.717, 1.165) is 0 Å². The number of hydrogen-bond acceptors (Lipinski definition) is 7. The molecule has 3 aromatic rings. The molecule has 3 N–H and O–H groups in total. The lowest BCUT2D eigenvalue weighted by Gasteiger charge is -2.15. The van der Waals surface area contributed by atoms with Crippen LogP contribution in [0.1, 0.15) is 16.6 Å². The zero-order valence-electron chi connectivity index (χ0n) is 13.7. The molecule has 138 valence electrons. The fourth-order valence-corrected chi connectivity index (χ4v) is 2.81. The van der Waals surface area contributed by atoms with Crippen molar-refractivity contribution in [3.05, 3.63) is 60.6 Å². The SMILES string of the molecule is O=C(Nc1ncnc2c1ncn2[C@@H]1OC(=CF)C(O)C1O)c1ccccc1. The summed E-state index contributed by atoms with van der Waals surface area (Å²) in [5, 5.41) is 22.6. The van der Waals surface area contributed by atoms with Gasteiger partial charge in [0.1, 0.15) is 31.2 Å². The van der Waals surface area contributed by atoms with Crippen molar-refractivity contribution < 1.29 is 24.1 Å². The fraction of sp³-hybridized carbons (Fsp3) is 0.176. The summed E-state index contributed by atoms with van der Waals surface area (Å²) < 4.78 is 19.3. The number of nitrogens with one attached hydrogen (secondary N) is 1. The first-order valence-corrected chi connectivity index (χ1v) is 7.97. The summed E-state index contributed by atoms with van der Waals surface area (Å²) in [5.74, 6) is -0.594. The summed E-state index contributed by atoms with van der Waals surface area (Å²) in [6.45, 7) is 0. The Labute approximate surface area is 151 Å². The van der Waals surface area contributed by atoms with E-state index in [0.29, 0.717) is 5.56 Å². The zero-order chi connectivity index (χ0) is 19.0. The minimum atomic E-state index is -1.50. The van der Waals surface area contributed by atoms with Gasteiger partial charge in [0.25, 0.3) is 5.91 Å². The highest BCUT2D eigenvalue weighted by Gasteiger charge is 2.42. The highest BCUT2D eigenvalue weighted by Crippen LogP contribution is 2.34. The molecule has 1 aliphatic heterocycles. The summed E-state index contributed by atoms with van der Waals surface area (Å²) in [5.41, 5.74) is 0.938. The highest BCUT2D eigenvalue weighted by molar-refractivity contribution is 6.06. The Kier molecular flexibility index (Phi) is 4.26. The van der Waals surface area contributed by atoms with Crippen molar-refractivity contribution in [1.82, 2.24) is 19.5 Å².